The summed E-state index contributed by atoms with van der Waals surface area (Å²) in [6.45, 7) is 14.6. The Bertz CT molecular complexity index is 1020. The number of fused-ring (bicyclic) bond motifs is 1. The average Bonchev–Trinajstić information content (AvgIpc) is 3.45. The molecule has 0 amide bonds. The third-order valence-electron chi connectivity index (χ3n) is 13.6. The van der Waals surface area contributed by atoms with E-state index in [9.17, 15) is 30.4 Å². The molecular weight excluding hydrogens is 576 g/mol. The van der Waals surface area contributed by atoms with Crippen molar-refractivity contribution in [2.75, 3.05) is 13.2 Å². The van der Waals surface area contributed by atoms with Gasteiger partial charge < -0.3 is 40.8 Å². The maximum Gasteiger partial charge on any atom is 0.325 e. The molecule has 10 heteroatoms. The summed E-state index contributed by atoms with van der Waals surface area (Å²) in [4.78, 5) is 13.5. The van der Waals surface area contributed by atoms with Gasteiger partial charge in [-0.15, -0.1) is 0 Å². The summed E-state index contributed by atoms with van der Waals surface area (Å²) in [5, 5.41) is 54.4. The van der Waals surface area contributed by atoms with Crippen molar-refractivity contribution in [2.24, 2.45) is 45.7 Å². The largest absolute Gasteiger partial charge is 0.461 e. The number of hydrogen-bond acceptors (Lipinski definition) is 10. The fraction of sp³-hybridized carbons (Fsp3) is 0.971. The van der Waals surface area contributed by atoms with Gasteiger partial charge in [0, 0.05) is 18.4 Å². The maximum absolute atomic E-state index is 13.5. The average molecular weight is 641 g/mol. The molecular formula is C35H64N2O8. The van der Waals surface area contributed by atoms with Gasteiger partial charge >= 0.3 is 5.97 Å². The van der Waals surface area contributed by atoms with Gasteiger partial charge in [0.25, 0.3) is 0 Å². The molecule has 4 fully saturated rings. The minimum Gasteiger partial charge on any atom is -0.461 e. The first-order valence-electron chi connectivity index (χ1n) is 17.6. The summed E-state index contributed by atoms with van der Waals surface area (Å²) in [6.07, 6.45) is 5.26. The molecule has 4 rings (SSSR count). The third-order valence-corrected chi connectivity index (χ3v) is 13.6. The zero-order valence-corrected chi connectivity index (χ0v) is 28.9. The van der Waals surface area contributed by atoms with Crippen LogP contribution in [0.1, 0.15) is 119 Å². The summed E-state index contributed by atoms with van der Waals surface area (Å²) >= 11 is 0. The SMILES string of the molecule is CC(C)(O)[C@@H]1CC[C@](C)([C@H]2[C@@H](O)C[C@@]3(C)C(C[C@H](OC(=O)[C@H](CCCN)NO)[C@@H]4CCC[C@H](O)C4(C)C)C(CO)CC[C@]23C)O1. The molecule has 0 aromatic carbocycles. The second-order valence-electron chi connectivity index (χ2n) is 17.0. The molecule has 0 spiro atoms. The number of ether oxygens (including phenoxy) is 2. The van der Waals surface area contributed by atoms with E-state index in [1.54, 1.807) is 13.8 Å². The molecule has 3 aliphatic carbocycles. The topological polar surface area (TPSA) is 175 Å². The third kappa shape index (κ3) is 6.74. The molecule has 0 aromatic rings. The number of carbonyl (C=O) groups is 1. The standard InChI is InChI=1S/C35H64N2O8/c1-31(2)22(10-8-12-27(31)40)26(44-30(41)24(37-43)11-9-17-36)18-23-21(20-38)13-15-33(5)29(25(39)19-34(23,33)6)35(7)16-14-28(45-35)32(3,4)42/h21-29,37-40,42-43H,8-20,36H2,1-7H3/t21?,22-,23?,24-,25-,26-,27-,28-,29-,33+,34-,35+/m0/s1. The molecule has 1 saturated heterocycles. The van der Waals surface area contributed by atoms with Gasteiger partial charge in [0.15, 0.2) is 0 Å². The van der Waals surface area contributed by atoms with E-state index in [-0.39, 0.29) is 41.8 Å². The number of rotatable bonds is 12. The number of esters is 1. The second kappa shape index (κ2) is 13.6. The summed E-state index contributed by atoms with van der Waals surface area (Å²) in [7, 11) is 0. The Morgan fingerprint density at radius 1 is 1.07 bits per heavy atom. The predicted octanol–water partition coefficient (Wildman–Crippen LogP) is 3.68. The van der Waals surface area contributed by atoms with Gasteiger partial charge in [0.1, 0.15) is 12.1 Å². The molecule has 262 valence electrons. The van der Waals surface area contributed by atoms with Gasteiger partial charge in [-0.1, -0.05) is 34.1 Å². The minimum atomic E-state index is -0.984. The predicted molar refractivity (Wildman–Crippen MR) is 171 cm³/mol. The van der Waals surface area contributed by atoms with Gasteiger partial charge in [-0.25, -0.2) is 0 Å². The van der Waals surface area contributed by atoms with Crippen LogP contribution in [-0.2, 0) is 14.3 Å². The number of hydrogen-bond donors (Lipinski definition) is 7. The number of nitrogens with one attached hydrogen (secondary N) is 1. The Hall–Kier alpha value is -0.850. The highest BCUT2D eigenvalue weighted by Crippen LogP contribution is 2.70. The lowest BCUT2D eigenvalue weighted by atomic mass is 9.47. The van der Waals surface area contributed by atoms with E-state index in [4.69, 9.17) is 15.2 Å². The maximum atomic E-state index is 13.5. The Kier molecular flexibility index (Phi) is 11.2. The first-order chi connectivity index (χ1) is 20.9. The van der Waals surface area contributed by atoms with Crippen LogP contribution in [0.5, 0.6) is 0 Å². The fourth-order valence-corrected chi connectivity index (χ4v) is 10.6. The molecule has 10 nitrogen and oxygen atoms in total. The first kappa shape index (κ1) is 37.0. The lowest BCUT2D eigenvalue weighted by molar-refractivity contribution is -0.189. The van der Waals surface area contributed by atoms with Crippen LogP contribution in [0.15, 0.2) is 0 Å². The van der Waals surface area contributed by atoms with E-state index < -0.39 is 52.4 Å². The van der Waals surface area contributed by atoms with Crippen molar-refractivity contribution in [3.8, 4) is 0 Å². The van der Waals surface area contributed by atoms with Crippen LogP contribution in [0.25, 0.3) is 0 Å². The fourth-order valence-electron chi connectivity index (χ4n) is 10.6. The Morgan fingerprint density at radius 3 is 2.33 bits per heavy atom. The molecule has 12 atom stereocenters. The minimum absolute atomic E-state index is 0.000311. The highest BCUT2D eigenvalue weighted by molar-refractivity contribution is 5.75. The zero-order valence-electron chi connectivity index (χ0n) is 28.9. The van der Waals surface area contributed by atoms with Crippen LogP contribution in [0.3, 0.4) is 0 Å². The number of aliphatic hydroxyl groups is 4. The van der Waals surface area contributed by atoms with Crippen LogP contribution in [0.2, 0.25) is 0 Å². The Labute approximate surface area is 270 Å². The highest BCUT2D eigenvalue weighted by Gasteiger charge is 2.69. The van der Waals surface area contributed by atoms with Crippen molar-refractivity contribution in [3.05, 3.63) is 0 Å². The number of hydroxylamine groups is 1. The van der Waals surface area contributed by atoms with E-state index in [1.165, 1.54) is 0 Å². The number of carbonyl (C=O) groups excluding carboxylic acids is 1. The second-order valence-corrected chi connectivity index (χ2v) is 17.0. The summed E-state index contributed by atoms with van der Waals surface area (Å²) in [5.41, 5.74) is 4.96. The van der Waals surface area contributed by atoms with Crippen molar-refractivity contribution in [3.63, 3.8) is 0 Å². The van der Waals surface area contributed by atoms with Gasteiger partial charge in [-0.05, 0) is 120 Å². The van der Waals surface area contributed by atoms with Gasteiger partial charge in [0.2, 0.25) is 0 Å². The monoisotopic (exact) mass is 640 g/mol. The van der Waals surface area contributed by atoms with Crippen molar-refractivity contribution in [1.82, 2.24) is 5.48 Å². The molecule has 45 heavy (non-hydrogen) atoms. The number of nitrogens with two attached hydrogens (primary N) is 1. The molecule has 0 radical (unpaired) electrons. The van der Waals surface area contributed by atoms with E-state index in [1.807, 2.05) is 13.8 Å². The summed E-state index contributed by atoms with van der Waals surface area (Å²) in [5.74, 6) is -0.950. The van der Waals surface area contributed by atoms with Crippen molar-refractivity contribution in [1.29, 1.82) is 0 Å². The molecule has 1 aliphatic heterocycles. The van der Waals surface area contributed by atoms with Crippen LogP contribution in [0.4, 0.5) is 0 Å². The van der Waals surface area contributed by atoms with Crippen LogP contribution in [0, 0.1) is 39.9 Å². The Morgan fingerprint density at radius 2 is 1.76 bits per heavy atom. The molecule has 1 heterocycles. The first-order valence-corrected chi connectivity index (χ1v) is 17.6. The van der Waals surface area contributed by atoms with Crippen LogP contribution >= 0.6 is 0 Å². The molecule has 2 unspecified atom stereocenters. The van der Waals surface area contributed by atoms with Crippen LogP contribution in [-0.4, -0.2) is 86.4 Å². The number of aliphatic hydroxyl groups excluding tert-OH is 3. The van der Waals surface area contributed by atoms with E-state index in [0.29, 0.717) is 38.6 Å². The van der Waals surface area contributed by atoms with Crippen molar-refractivity contribution < 1.29 is 39.9 Å². The van der Waals surface area contributed by atoms with Gasteiger partial charge in [-0.3, -0.25) is 4.79 Å². The highest BCUT2D eigenvalue weighted by atomic mass is 16.6. The quantitative estimate of drug-likeness (QED) is 0.123. The molecule has 0 aromatic heterocycles. The lowest BCUT2D eigenvalue weighted by Crippen LogP contribution is -2.56. The molecule has 3 saturated carbocycles. The zero-order chi connectivity index (χ0) is 33.6. The molecule has 8 N–H and O–H groups in total. The van der Waals surface area contributed by atoms with Crippen molar-refractivity contribution >= 4 is 5.97 Å². The summed E-state index contributed by atoms with van der Waals surface area (Å²) in [6, 6.07) is -0.908. The summed E-state index contributed by atoms with van der Waals surface area (Å²) < 4.78 is 13.0. The van der Waals surface area contributed by atoms with E-state index in [0.717, 1.165) is 38.5 Å². The van der Waals surface area contributed by atoms with Crippen LogP contribution < -0.4 is 11.2 Å². The van der Waals surface area contributed by atoms with E-state index in [2.05, 4.69) is 26.3 Å². The van der Waals surface area contributed by atoms with Crippen molar-refractivity contribution in [2.45, 2.75) is 161 Å². The smallest absolute Gasteiger partial charge is 0.325 e. The van der Waals surface area contributed by atoms with E-state index >= 15 is 0 Å². The Balaban J connectivity index is 1.70. The molecule has 0 bridgehead atoms. The molecule has 4 aliphatic rings. The van der Waals surface area contributed by atoms with Gasteiger partial charge in [0.05, 0.1) is 29.5 Å². The normalized spacial score (nSPS) is 43.1. The lowest BCUT2D eigenvalue weighted by Gasteiger charge is -2.58. The van der Waals surface area contributed by atoms with Gasteiger partial charge in [-0.2, -0.15) is 5.48 Å².